The van der Waals surface area contributed by atoms with E-state index in [0.29, 0.717) is 29.3 Å². The number of aryl methyl sites for hydroxylation is 2. The molecule has 152 valence electrons. The van der Waals surface area contributed by atoms with E-state index < -0.39 is 10.0 Å². The normalized spacial score (nSPS) is 11.6. The predicted molar refractivity (Wildman–Crippen MR) is 117 cm³/mol. The highest BCUT2D eigenvalue weighted by Crippen LogP contribution is 2.37. The van der Waals surface area contributed by atoms with Gasteiger partial charge in [0.15, 0.2) is 11.7 Å². The molecule has 0 radical (unpaired) electrons. The van der Waals surface area contributed by atoms with Crippen molar-refractivity contribution >= 4 is 10.0 Å². The summed E-state index contributed by atoms with van der Waals surface area (Å²) in [5.41, 5.74) is 4.97. The summed E-state index contributed by atoms with van der Waals surface area (Å²) in [6, 6.07) is 22.5. The average Bonchev–Trinajstić information content (AvgIpc) is 3.11. The average molecular weight is 419 g/mol. The Hall–Kier alpha value is -3.22. The molecule has 0 atom stereocenters. The lowest BCUT2D eigenvalue weighted by molar-refractivity contribution is 0.519. The summed E-state index contributed by atoms with van der Waals surface area (Å²) >= 11 is 0. The maximum atomic E-state index is 12.2. The molecule has 0 amide bonds. The van der Waals surface area contributed by atoms with Gasteiger partial charge in [-0.3, -0.25) is 0 Å². The predicted octanol–water partition coefficient (Wildman–Crippen LogP) is 4.86. The molecule has 0 fully saturated rings. The van der Waals surface area contributed by atoms with E-state index in [1.807, 2.05) is 56.3 Å². The minimum absolute atomic E-state index is 0.0237. The summed E-state index contributed by atoms with van der Waals surface area (Å²) in [7, 11) is -3.93. The van der Waals surface area contributed by atoms with Crippen molar-refractivity contribution in [2.75, 3.05) is 0 Å². The zero-order chi connectivity index (χ0) is 21.3. The minimum Gasteiger partial charge on any atom is -0.440 e. The lowest BCUT2D eigenvalue weighted by atomic mass is 10.0. The standard InChI is InChI=1S/C24H22N2O3S/c1-16-12-13-19(17(2)14-16)24-23(20-10-6-7-11-21(20)30(25,27)28)26-22(29-24)15-18-8-4-3-5-9-18/h3-14H,15H2,1-2H3,(H2,25,27,28). The largest absolute Gasteiger partial charge is 0.440 e. The number of primary sulfonamides is 1. The van der Waals surface area contributed by atoms with Gasteiger partial charge >= 0.3 is 0 Å². The van der Waals surface area contributed by atoms with Crippen molar-refractivity contribution in [2.24, 2.45) is 5.14 Å². The first-order valence-corrected chi connectivity index (χ1v) is 11.1. The van der Waals surface area contributed by atoms with Crippen LogP contribution in [0.1, 0.15) is 22.6 Å². The maximum absolute atomic E-state index is 12.2. The van der Waals surface area contributed by atoms with Crippen LogP contribution in [0.3, 0.4) is 0 Å². The molecule has 0 aliphatic rings. The second-order valence-electron chi connectivity index (χ2n) is 7.31. The van der Waals surface area contributed by atoms with Gasteiger partial charge in [-0.2, -0.15) is 0 Å². The number of hydrogen-bond acceptors (Lipinski definition) is 4. The first kappa shape index (κ1) is 20.1. The van der Waals surface area contributed by atoms with Crippen LogP contribution in [0.4, 0.5) is 0 Å². The van der Waals surface area contributed by atoms with Crippen molar-refractivity contribution in [1.29, 1.82) is 0 Å². The molecule has 5 nitrogen and oxygen atoms in total. The highest BCUT2D eigenvalue weighted by Gasteiger charge is 2.23. The van der Waals surface area contributed by atoms with Gasteiger partial charge in [0.2, 0.25) is 10.0 Å². The molecule has 3 aromatic carbocycles. The number of sulfonamides is 1. The molecule has 4 aromatic rings. The molecule has 0 saturated heterocycles. The van der Waals surface area contributed by atoms with Gasteiger partial charge < -0.3 is 4.42 Å². The Bertz CT molecular complexity index is 1310. The molecule has 0 saturated carbocycles. The van der Waals surface area contributed by atoms with Gasteiger partial charge in [0.25, 0.3) is 0 Å². The molecule has 0 aliphatic carbocycles. The molecule has 6 heteroatoms. The van der Waals surface area contributed by atoms with E-state index >= 15 is 0 Å². The van der Waals surface area contributed by atoms with Crippen molar-refractivity contribution in [2.45, 2.75) is 25.2 Å². The number of rotatable bonds is 5. The van der Waals surface area contributed by atoms with Crippen molar-refractivity contribution in [3.8, 4) is 22.6 Å². The minimum atomic E-state index is -3.93. The smallest absolute Gasteiger partial charge is 0.238 e. The van der Waals surface area contributed by atoms with Crippen LogP contribution in [0.5, 0.6) is 0 Å². The molecule has 0 bridgehead atoms. The summed E-state index contributed by atoms with van der Waals surface area (Å²) in [6.07, 6.45) is 0.496. The molecular weight excluding hydrogens is 396 g/mol. The van der Waals surface area contributed by atoms with Gasteiger partial charge in [-0.1, -0.05) is 72.3 Å². The second kappa shape index (κ2) is 7.89. The zero-order valence-corrected chi connectivity index (χ0v) is 17.6. The van der Waals surface area contributed by atoms with E-state index in [1.54, 1.807) is 18.2 Å². The topological polar surface area (TPSA) is 86.2 Å². The van der Waals surface area contributed by atoms with Crippen LogP contribution in [0.2, 0.25) is 0 Å². The summed E-state index contributed by atoms with van der Waals surface area (Å²) in [5, 5.41) is 5.48. The van der Waals surface area contributed by atoms with Gasteiger partial charge in [-0.25, -0.2) is 18.5 Å². The van der Waals surface area contributed by atoms with Crippen LogP contribution >= 0.6 is 0 Å². The SMILES string of the molecule is Cc1ccc(-c2oc(Cc3ccccc3)nc2-c2ccccc2S(N)(=O)=O)c(C)c1. The van der Waals surface area contributed by atoms with E-state index in [1.165, 1.54) is 6.07 Å². The molecule has 0 spiro atoms. The molecule has 0 unspecified atom stereocenters. The Balaban J connectivity index is 1.93. The monoisotopic (exact) mass is 418 g/mol. The van der Waals surface area contributed by atoms with E-state index in [4.69, 9.17) is 14.5 Å². The number of hydrogen-bond donors (Lipinski definition) is 1. The first-order valence-electron chi connectivity index (χ1n) is 9.56. The summed E-state index contributed by atoms with van der Waals surface area (Å²) in [4.78, 5) is 4.73. The molecular formula is C24H22N2O3S. The molecule has 1 aromatic heterocycles. The second-order valence-corrected chi connectivity index (χ2v) is 8.84. The quantitative estimate of drug-likeness (QED) is 0.501. The lowest BCUT2D eigenvalue weighted by Crippen LogP contribution is -2.13. The fourth-order valence-electron chi connectivity index (χ4n) is 3.55. The van der Waals surface area contributed by atoms with E-state index in [0.717, 1.165) is 22.3 Å². The summed E-state index contributed by atoms with van der Waals surface area (Å²) in [6.45, 7) is 4.02. The molecule has 2 N–H and O–H groups in total. The fourth-order valence-corrected chi connectivity index (χ4v) is 4.29. The highest BCUT2D eigenvalue weighted by molar-refractivity contribution is 7.89. The van der Waals surface area contributed by atoms with Crippen LogP contribution in [0.15, 0.2) is 82.1 Å². The zero-order valence-electron chi connectivity index (χ0n) is 16.8. The third-order valence-corrected chi connectivity index (χ3v) is 5.91. The van der Waals surface area contributed by atoms with Crippen molar-refractivity contribution in [3.05, 3.63) is 95.4 Å². The van der Waals surface area contributed by atoms with Gasteiger partial charge in [0.1, 0.15) is 5.69 Å². The van der Waals surface area contributed by atoms with Gasteiger partial charge in [-0.15, -0.1) is 0 Å². The van der Waals surface area contributed by atoms with Crippen molar-refractivity contribution < 1.29 is 12.8 Å². The number of aromatic nitrogens is 1. The first-order chi connectivity index (χ1) is 14.3. The third kappa shape index (κ3) is 4.06. The molecule has 4 rings (SSSR count). The van der Waals surface area contributed by atoms with Crippen LogP contribution in [-0.4, -0.2) is 13.4 Å². The third-order valence-electron chi connectivity index (χ3n) is 4.94. The van der Waals surface area contributed by atoms with Crippen LogP contribution in [0, 0.1) is 13.8 Å². The van der Waals surface area contributed by atoms with Gasteiger partial charge in [0.05, 0.1) is 4.90 Å². The highest BCUT2D eigenvalue weighted by atomic mass is 32.2. The number of benzene rings is 3. The number of nitrogens with two attached hydrogens (primary N) is 1. The van der Waals surface area contributed by atoms with Crippen LogP contribution in [-0.2, 0) is 16.4 Å². The maximum Gasteiger partial charge on any atom is 0.238 e. The van der Waals surface area contributed by atoms with E-state index in [-0.39, 0.29) is 4.90 Å². The fraction of sp³-hybridized carbons (Fsp3) is 0.125. The van der Waals surface area contributed by atoms with Crippen molar-refractivity contribution in [1.82, 2.24) is 4.98 Å². The Morgan fingerprint density at radius 2 is 1.60 bits per heavy atom. The lowest BCUT2D eigenvalue weighted by Gasteiger charge is -2.09. The van der Waals surface area contributed by atoms with Gasteiger partial charge in [-0.05, 0) is 31.0 Å². The Labute approximate surface area is 176 Å². The van der Waals surface area contributed by atoms with E-state index in [9.17, 15) is 8.42 Å². The van der Waals surface area contributed by atoms with Crippen molar-refractivity contribution in [3.63, 3.8) is 0 Å². The van der Waals surface area contributed by atoms with Gasteiger partial charge in [0, 0.05) is 17.5 Å². The van der Waals surface area contributed by atoms with Crippen LogP contribution in [0.25, 0.3) is 22.6 Å². The number of oxazole rings is 1. The molecule has 1 heterocycles. The van der Waals surface area contributed by atoms with Crippen LogP contribution < -0.4 is 5.14 Å². The Morgan fingerprint density at radius 1 is 0.900 bits per heavy atom. The molecule has 0 aliphatic heterocycles. The summed E-state index contributed by atoms with van der Waals surface area (Å²) in [5.74, 6) is 1.05. The summed E-state index contributed by atoms with van der Waals surface area (Å²) < 4.78 is 30.6. The van der Waals surface area contributed by atoms with E-state index in [2.05, 4.69) is 6.07 Å². The Kier molecular flexibility index (Phi) is 5.28. The molecule has 30 heavy (non-hydrogen) atoms. The Morgan fingerprint density at radius 3 is 2.30 bits per heavy atom. The number of nitrogens with zero attached hydrogens (tertiary/aromatic N) is 1.